The third kappa shape index (κ3) is 3.78. The number of oxazole rings is 1. The molecule has 0 aliphatic heterocycles. The van der Waals surface area contributed by atoms with E-state index in [0.717, 1.165) is 16.3 Å². The fourth-order valence-electron chi connectivity index (χ4n) is 3.44. The van der Waals surface area contributed by atoms with E-state index in [0.29, 0.717) is 39.7 Å². The van der Waals surface area contributed by atoms with E-state index < -0.39 is 0 Å². The van der Waals surface area contributed by atoms with Crippen LogP contribution in [-0.2, 0) is 6.42 Å². The molecule has 5 rings (SSSR count). The first-order valence-corrected chi connectivity index (χ1v) is 9.96. The van der Waals surface area contributed by atoms with Crippen LogP contribution in [0.15, 0.2) is 89.3 Å². The van der Waals surface area contributed by atoms with Crippen molar-refractivity contribution < 1.29 is 9.21 Å². The van der Waals surface area contributed by atoms with Crippen LogP contribution in [0.5, 0.6) is 0 Å². The zero-order valence-electron chi connectivity index (χ0n) is 15.9. The molecule has 1 heterocycles. The van der Waals surface area contributed by atoms with Crippen molar-refractivity contribution >= 4 is 45.1 Å². The number of carbonyl (C=O) groups excluding carboxylic acids is 1. The average Bonchev–Trinajstić information content (AvgIpc) is 3.16. The number of nitrogens with one attached hydrogen (secondary N) is 1. The SMILES string of the molecule is O=C(Nc1ccc2oc(Cc3ccc(Cl)cc3)nc2c1)c1ccc2ccccc2c1. The largest absolute Gasteiger partial charge is 0.440 e. The molecule has 30 heavy (non-hydrogen) atoms. The molecule has 0 unspecified atom stereocenters. The number of carbonyl (C=O) groups is 1. The molecule has 0 bridgehead atoms. The summed E-state index contributed by atoms with van der Waals surface area (Å²) in [7, 11) is 0. The molecule has 5 aromatic rings. The highest BCUT2D eigenvalue weighted by molar-refractivity contribution is 6.30. The Labute approximate surface area is 178 Å². The predicted molar refractivity (Wildman–Crippen MR) is 120 cm³/mol. The van der Waals surface area contributed by atoms with Gasteiger partial charge in [0.15, 0.2) is 11.5 Å². The van der Waals surface area contributed by atoms with Crippen molar-refractivity contribution in [2.75, 3.05) is 5.32 Å². The summed E-state index contributed by atoms with van der Waals surface area (Å²) >= 11 is 5.94. The maximum absolute atomic E-state index is 12.7. The van der Waals surface area contributed by atoms with Gasteiger partial charge in [-0.2, -0.15) is 0 Å². The molecular weight excluding hydrogens is 396 g/mol. The van der Waals surface area contributed by atoms with Gasteiger partial charge in [0.2, 0.25) is 0 Å². The topological polar surface area (TPSA) is 55.1 Å². The van der Waals surface area contributed by atoms with E-state index >= 15 is 0 Å². The van der Waals surface area contributed by atoms with Gasteiger partial charge < -0.3 is 9.73 Å². The van der Waals surface area contributed by atoms with E-state index in [1.54, 1.807) is 0 Å². The molecule has 0 saturated heterocycles. The van der Waals surface area contributed by atoms with Gasteiger partial charge in [-0.3, -0.25) is 4.79 Å². The van der Waals surface area contributed by atoms with Crippen LogP contribution in [0, 0.1) is 0 Å². The lowest BCUT2D eigenvalue weighted by Gasteiger charge is -2.06. The van der Waals surface area contributed by atoms with Crippen molar-refractivity contribution in [1.82, 2.24) is 4.98 Å². The molecule has 146 valence electrons. The van der Waals surface area contributed by atoms with E-state index in [9.17, 15) is 4.79 Å². The summed E-state index contributed by atoms with van der Waals surface area (Å²) in [6, 6.07) is 26.7. The van der Waals surface area contributed by atoms with Gasteiger partial charge in [0, 0.05) is 22.7 Å². The van der Waals surface area contributed by atoms with Gasteiger partial charge in [-0.25, -0.2) is 4.98 Å². The van der Waals surface area contributed by atoms with Crippen molar-refractivity contribution in [2.45, 2.75) is 6.42 Å². The van der Waals surface area contributed by atoms with Crippen LogP contribution in [0.1, 0.15) is 21.8 Å². The van der Waals surface area contributed by atoms with Gasteiger partial charge in [0.1, 0.15) is 5.52 Å². The number of rotatable bonds is 4. The quantitative estimate of drug-likeness (QED) is 0.367. The van der Waals surface area contributed by atoms with Crippen LogP contribution in [0.4, 0.5) is 5.69 Å². The second-order valence-corrected chi connectivity index (χ2v) is 7.55. The molecular formula is C25H17ClN2O2. The fourth-order valence-corrected chi connectivity index (χ4v) is 3.57. The second kappa shape index (κ2) is 7.65. The number of aromatic nitrogens is 1. The number of nitrogens with zero attached hydrogens (tertiary/aromatic N) is 1. The molecule has 0 aliphatic rings. The predicted octanol–water partition coefficient (Wildman–Crippen LogP) is 6.48. The molecule has 0 spiro atoms. The lowest BCUT2D eigenvalue weighted by molar-refractivity contribution is 0.102. The van der Waals surface area contributed by atoms with E-state index in [2.05, 4.69) is 10.3 Å². The van der Waals surface area contributed by atoms with Gasteiger partial charge in [0.05, 0.1) is 0 Å². The van der Waals surface area contributed by atoms with Crippen LogP contribution in [-0.4, -0.2) is 10.9 Å². The van der Waals surface area contributed by atoms with Crippen LogP contribution in [0.3, 0.4) is 0 Å². The summed E-state index contributed by atoms with van der Waals surface area (Å²) < 4.78 is 5.84. The number of amides is 1. The average molecular weight is 413 g/mol. The molecule has 1 aromatic heterocycles. The van der Waals surface area contributed by atoms with Gasteiger partial charge in [0.25, 0.3) is 5.91 Å². The van der Waals surface area contributed by atoms with Gasteiger partial charge >= 0.3 is 0 Å². The minimum Gasteiger partial charge on any atom is -0.440 e. The number of anilines is 1. The molecule has 1 amide bonds. The Balaban J connectivity index is 1.36. The lowest BCUT2D eigenvalue weighted by Crippen LogP contribution is -2.11. The highest BCUT2D eigenvalue weighted by atomic mass is 35.5. The van der Waals surface area contributed by atoms with Crippen molar-refractivity contribution in [1.29, 1.82) is 0 Å². The van der Waals surface area contributed by atoms with Crippen molar-refractivity contribution in [2.24, 2.45) is 0 Å². The molecule has 0 saturated carbocycles. The molecule has 4 nitrogen and oxygen atoms in total. The summed E-state index contributed by atoms with van der Waals surface area (Å²) in [5.74, 6) is 0.454. The Kier molecular flexibility index (Phi) is 4.69. The van der Waals surface area contributed by atoms with Crippen LogP contribution in [0.2, 0.25) is 5.02 Å². The number of hydrogen-bond donors (Lipinski definition) is 1. The first-order valence-electron chi connectivity index (χ1n) is 9.58. The van der Waals surface area contributed by atoms with E-state index in [-0.39, 0.29) is 5.91 Å². The smallest absolute Gasteiger partial charge is 0.255 e. The maximum atomic E-state index is 12.7. The number of fused-ring (bicyclic) bond motifs is 2. The maximum Gasteiger partial charge on any atom is 0.255 e. The Morgan fingerprint density at radius 3 is 2.53 bits per heavy atom. The van der Waals surface area contributed by atoms with Crippen molar-refractivity contribution in [3.8, 4) is 0 Å². The Morgan fingerprint density at radius 2 is 1.70 bits per heavy atom. The minimum atomic E-state index is -0.162. The summed E-state index contributed by atoms with van der Waals surface area (Å²) in [6.45, 7) is 0. The fraction of sp³-hybridized carbons (Fsp3) is 0.0400. The van der Waals surface area contributed by atoms with Gasteiger partial charge in [-0.05, 0) is 58.8 Å². The summed E-state index contributed by atoms with van der Waals surface area (Å²) in [5, 5.41) is 5.78. The van der Waals surface area contributed by atoms with E-state index in [1.165, 1.54) is 0 Å². The number of halogens is 1. The minimum absolute atomic E-state index is 0.162. The molecule has 0 fully saturated rings. The first kappa shape index (κ1) is 18.4. The highest BCUT2D eigenvalue weighted by Crippen LogP contribution is 2.23. The summed E-state index contributed by atoms with van der Waals surface area (Å²) in [6.07, 6.45) is 0.574. The Bertz CT molecular complexity index is 1370. The zero-order chi connectivity index (χ0) is 20.5. The molecule has 0 atom stereocenters. The third-order valence-corrected chi connectivity index (χ3v) is 5.22. The lowest BCUT2D eigenvalue weighted by atomic mass is 10.1. The van der Waals surface area contributed by atoms with Crippen molar-refractivity contribution in [3.63, 3.8) is 0 Å². The van der Waals surface area contributed by atoms with Crippen LogP contribution >= 0.6 is 11.6 Å². The van der Waals surface area contributed by atoms with Crippen LogP contribution < -0.4 is 5.32 Å². The normalized spacial score (nSPS) is 11.1. The summed E-state index contributed by atoms with van der Waals surface area (Å²) in [4.78, 5) is 17.3. The Morgan fingerprint density at radius 1 is 0.900 bits per heavy atom. The molecule has 4 aromatic carbocycles. The zero-order valence-corrected chi connectivity index (χ0v) is 16.7. The van der Waals surface area contributed by atoms with Crippen molar-refractivity contribution in [3.05, 3.63) is 107 Å². The highest BCUT2D eigenvalue weighted by Gasteiger charge is 2.11. The molecule has 5 heteroatoms. The van der Waals surface area contributed by atoms with Gasteiger partial charge in [-0.1, -0.05) is 54.1 Å². The molecule has 0 aliphatic carbocycles. The van der Waals surface area contributed by atoms with E-state index in [4.69, 9.17) is 16.0 Å². The third-order valence-electron chi connectivity index (χ3n) is 4.97. The standard InChI is InChI=1S/C25H17ClN2O2/c26-20-9-5-16(6-10-20)13-24-28-22-15-21(11-12-23(22)30-24)27-25(29)19-8-7-17-3-1-2-4-18(17)14-19/h1-12,14-15H,13H2,(H,27,29). The number of hydrogen-bond acceptors (Lipinski definition) is 3. The molecule has 0 radical (unpaired) electrons. The summed E-state index contributed by atoms with van der Waals surface area (Å²) in [5.41, 5.74) is 3.73. The second-order valence-electron chi connectivity index (χ2n) is 7.11. The first-order chi connectivity index (χ1) is 14.6. The van der Waals surface area contributed by atoms with Crippen LogP contribution in [0.25, 0.3) is 21.9 Å². The van der Waals surface area contributed by atoms with Gasteiger partial charge in [-0.15, -0.1) is 0 Å². The Hall–Kier alpha value is -3.63. The monoisotopic (exact) mass is 412 g/mol. The van der Waals surface area contributed by atoms with E-state index in [1.807, 2.05) is 84.9 Å². The number of benzene rings is 4. The molecule has 1 N–H and O–H groups in total.